The zero-order chi connectivity index (χ0) is 21.9. The van der Waals surface area contributed by atoms with Crippen LogP contribution in [0, 0.1) is 0 Å². The highest BCUT2D eigenvalue weighted by Crippen LogP contribution is 2.26. The lowest BCUT2D eigenvalue weighted by molar-refractivity contribution is -0.116. The van der Waals surface area contributed by atoms with Crippen molar-refractivity contribution in [2.75, 3.05) is 38.1 Å². The van der Waals surface area contributed by atoms with Crippen molar-refractivity contribution in [3.8, 4) is 5.75 Å². The van der Waals surface area contributed by atoms with E-state index < -0.39 is 0 Å². The van der Waals surface area contributed by atoms with E-state index in [0.717, 1.165) is 55.4 Å². The smallest absolute Gasteiger partial charge is 0.224 e. The number of rotatable bonds is 11. The summed E-state index contributed by atoms with van der Waals surface area (Å²) in [5.74, 6) is 1.74. The molecule has 0 aliphatic carbocycles. The SMILES string of the molecule is CCNC(=NCCCN(C(C)C)C(C)C)NCCOc1ccc2c(c1)CCC(=O)N2. The molecule has 7 heteroatoms. The molecule has 0 saturated heterocycles. The lowest BCUT2D eigenvalue weighted by atomic mass is 10.0. The minimum atomic E-state index is 0.0803. The number of guanidine groups is 1. The van der Waals surface area contributed by atoms with Crippen LogP contribution in [0.1, 0.15) is 53.0 Å². The highest BCUT2D eigenvalue weighted by atomic mass is 16.5. The van der Waals surface area contributed by atoms with E-state index in [1.54, 1.807) is 0 Å². The molecule has 30 heavy (non-hydrogen) atoms. The van der Waals surface area contributed by atoms with Gasteiger partial charge in [-0.25, -0.2) is 0 Å². The third-order valence-electron chi connectivity index (χ3n) is 5.15. The molecule has 0 unspecified atom stereocenters. The Morgan fingerprint density at radius 2 is 1.97 bits per heavy atom. The molecule has 0 bridgehead atoms. The normalized spacial score (nSPS) is 14.1. The molecule has 168 valence electrons. The molecule has 1 amide bonds. The van der Waals surface area contributed by atoms with Gasteiger partial charge < -0.3 is 20.7 Å². The van der Waals surface area contributed by atoms with Gasteiger partial charge in [0.1, 0.15) is 12.4 Å². The first-order valence-electron chi connectivity index (χ1n) is 11.2. The zero-order valence-corrected chi connectivity index (χ0v) is 19.3. The number of carbonyl (C=O) groups is 1. The Morgan fingerprint density at radius 1 is 1.20 bits per heavy atom. The van der Waals surface area contributed by atoms with Gasteiger partial charge >= 0.3 is 0 Å². The minimum Gasteiger partial charge on any atom is -0.492 e. The van der Waals surface area contributed by atoms with Crippen molar-refractivity contribution in [1.29, 1.82) is 0 Å². The molecule has 0 aromatic heterocycles. The summed E-state index contributed by atoms with van der Waals surface area (Å²) in [7, 11) is 0. The van der Waals surface area contributed by atoms with E-state index in [0.29, 0.717) is 31.7 Å². The Morgan fingerprint density at radius 3 is 2.67 bits per heavy atom. The van der Waals surface area contributed by atoms with Gasteiger partial charge in [0, 0.05) is 43.8 Å². The number of amides is 1. The van der Waals surface area contributed by atoms with Crippen LogP contribution in [-0.2, 0) is 11.2 Å². The monoisotopic (exact) mass is 417 g/mol. The van der Waals surface area contributed by atoms with E-state index >= 15 is 0 Å². The molecular weight excluding hydrogens is 378 g/mol. The van der Waals surface area contributed by atoms with Crippen molar-refractivity contribution >= 4 is 17.6 Å². The molecule has 0 spiro atoms. The van der Waals surface area contributed by atoms with Gasteiger partial charge in [-0.15, -0.1) is 0 Å². The van der Waals surface area contributed by atoms with Crippen LogP contribution in [0.15, 0.2) is 23.2 Å². The van der Waals surface area contributed by atoms with Crippen molar-refractivity contribution in [3.63, 3.8) is 0 Å². The molecule has 0 radical (unpaired) electrons. The van der Waals surface area contributed by atoms with Crippen LogP contribution in [0.4, 0.5) is 5.69 Å². The fraction of sp³-hybridized carbons (Fsp3) is 0.652. The summed E-state index contributed by atoms with van der Waals surface area (Å²) in [5, 5.41) is 9.52. The molecule has 1 aromatic rings. The van der Waals surface area contributed by atoms with E-state index in [9.17, 15) is 4.79 Å². The molecule has 0 saturated carbocycles. The average molecular weight is 418 g/mol. The first kappa shape index (κ1) is 24.0. The number of fused-ring (bicyclic) bond motifs is 1. The molecule has 3 N–H and O–H groups in total. The van der Waals surface area contributed by atoms with E-state index in [4.69, 9.17) is 4.74 Å². The Labute approximate surface area is 181 Å². The summed E-state index contributed by atoms with van der Waals surface area (Å²) in [6.07, 6.45) is 2.33. The highest BCUT2D eigenvalue weighted by Gasteiger charge is 2.15. The van der Waals surface area contributed by atoms with E-state index in [-0.39, 0.29) is 5.91 Å². The number of ether oxygens (including phenoxy) is 1. The lowest BCUT2D eigenvalue weighted by Gasteiger charge is -2.30. The standard InChI is InChI=1S/C23H39N5O2/c1-6-24-23(25-12-7-14-28(17(2)3)18(4)5)26-13-15-30-20-9-10-21-19(16-20)8-11-22(29)27-21/h9-10,16-18H,6-8,11-15H2,1-5H3,(H,27,29)(H2,24,25,26). The molecule has 1 aromatic carbocycles. The van der Waals surface area contributed by atoms with Crippen LogP contribution in [0.3, 0.4) is 0 Å². The Kier molecular flexibility index (Phi) is 9.94. The number of aryl methyl sites for hydroxylation is 1. The number of nitrogens with one attached hydrogen (secondary N) is 3. The van der Waals surface area contributed by atoms with Gasteiger partial charge in [-0.2, -0.15) is 0 Å². The third-order valence-corrected chi connectivity index (χ3v) is 5.15. The minimum absolute atomic E-state index is 0.0803. The predicted octanol–water partition coefficient (Wildman–Crippen LogP) is 3.01. The van der Waals surface area contributed by atoms with Gasteiger partial charge in [0.05, 0.1) is 6.54 Å². The number of carbonyl (C=O) groups excluding carboxylic acids is 1. The molecule has 0 fully saturated rings. The van der Waals surface area contributed by atoms with Crippen molar-refractivity contribution in [3.05, 3.63) is 23.8 Å². The topological polar surface area (TPSA) is 78.0 Å². The molecule has 7 nitrogen and oxygen atoms in total. The van der Waals surface area contributed by atoms with Gasteiger partial charge in [-0.3, -0.25) is 14.7 Å². The number of nitrogens with zero attached hydrogens (tertiary/aromatic N) is 2. The van der Waals surface area contributed by atoms with Gasteiger partial charge in [0.2, 0.25) is 5.91 Å². The Bertz CT molecular complexity index is 695. The summed E-state index contributed by atoms with van der Waals surface area (Å²) in [6, 6.07) is 6.94. The molecular formula is C23H39N5O2. The number of hydrogen-bond donors (Lipinski definition) is 3. The highest BCUT2D eigenvalue weighted by molar-refractivity contribution is 5.94. The van der Waals surface area contributed by atoms with Gasteiger partial charge in [0.15, 0.2) is 5.96 Å². The number of anilines is 1. The molecule has 1 aliphatic rings. The Hall–Kier alpha value is -2.28. The van der Waals surface area contributed by atoms with E-state index in [1.807, 2.05) is 18.2 Å². The summed E-state index contributed by atoms with van der Waals surface area (Å²) >= 11 is 0. The van der Waals surface area contributed by atoms with Crippen molar-refractivity contribution in [1.82, 2.24) is 15.5 Å². The fourth-order valence-electron chi connectivity index (χ4n) is 3.69. The molecule has 0 atom stereocenters. The van der Waals surface area contributed by atoms with Crippen molar-refractivity contribution < 1.29 is 9.53 Å². The van der Waals surface area contributed by atoms with Crippen LogP contribution in [0.2, 0.25) is 0 Å². The third kappa shape index (κ3) is 7.86. The van der Waals surface area contributed by atoms with E-state index in [1.165, 1.54) is 0 Å². The first-order chi connectivity index (χ1) is 14.4. The quantitative estimate of drug-likeness (QED) is 0.293. The second-order valence-corrected chi connectivity index (χ2v) is 8.18. The second kappa shape index (κ2) is 12.4. The lowest BCUT2D eigenvalue weighted by Crippen LogP contribution is -2.40. The Balaban J connectivity index is 1.74. The summed E-state index contributed by atoms with van der Waals surface area (Å²) in [4.78, 5) is 18.6. The molecule has 1 aliphatic heterocycles. The second-order valence-electron chi connectivity index (χ2n) is 8.18. The average Bonchev–Trinajstić information content (AvgIpc) is 2.70. The first-order valence-corrected chi connectivity index (χ1v) is 11.2. The van der Waals surface area contributed by atoms with Crippen molar-refractivity contribution in [2.24, 2.45) is 4.99 Å². The summed E-state index contributed by atoms with van der Waals surface area (Å²) in [6.45, 7) is 14.9. The van der Waals surface area contributed by atoms with E-state index in [2.05, 4.69) is 60.5 Å². The fourth-order valence-corrected chi connectivity index (χ4v) is 3.69. The maximum Gasteiger partial charge on any atom is 0.224 e. The number of hydrogen-bond acceptors (Lipinski definition) is 4. The predicted molar refractivity (Wildman–Crippen MR) is 124 cm³/mol. The molecule has 2 rings (SSSR count). The number of benzene rings is 1. The van der Waals surface area contributed by atoms with Crippen LogP contribution < -0.4 is 20.7 Å². The largest absolute Gasteiger partial charge is 0.492 e. The van der Waals surface area contributed by atoms with Crippen LogP contribution in [0.25, 0.3) is 0 Å². The van der Waals surface area contributed by atoms with Crippen LogP contribution in [-0.4, -0.2) is 61.6 Å². The summed E-state index contributed by atoms with van der Waals surface area (Å²) in [5.41, 5.74) is 2.03. The maximum absolute atomic E-state index is 11.5. The van der Waals surface area contributed by atoms with Gasteiger partial charge in [-0.05, 0) is 71.2 Å². The number of aliphatic imine (C=N–C) groups is 1. The van der Waals surface area contributed by atoms with Crippen LogP contribution >= 0.6 is 0 Å². The van der Waals surface area contributed by atoms with Gasteiger partial charge in [0.25, 0.3) is 0 Å². The van der Waals surface area contributed by atoms with Crippen molar-refractivity contribution in [2.45, 2.75) is 66.0 Å². The zero-order valence-electron chi connectivity index (χ0n) is 19.3. The van der Waals surface area contributed by atoms with Crippen LogP contribution in [0.5, 0.6) is 5.75 Å². The molecule has 1 heterocycles. The maximum atomic E-state index is 11.5. The van der Waals surface area contributed by atoms with Gasteiger partial charge in [-0.1, -0.05) is 0 Å². The summed E-state index contributed by atoms with van der Waals surface area (Å²) < 4.78 is 5.87.